The number of benzene rings is 2. The molecule has 0 atom stereocenters. The topological polar surface area (TPSA) is 35.9 Å². The minimum absolute atomic E-state index is 0.148. The van der Waals surface area contributed by atoms with E-state index in [1.165, 1.54) is 24.1 Å². The van der Waals surface area contributed by atoms with Crippen LogP contribution in [0.1, 0.15) is 64.5 Å². The van der Waals surface area contributed by atoms with Crippen molar-refractivity contribution in [3.63, 3.8) is 0 Å². The van der Waals surface area contributed by atoms with Gasteiger partial charge in [0, 0.05) is 26.2 Å². The number of unbranched alkanes of at least 4 members (excludes halogenated alkanes) is 1. The summed E-state index contributed by atoms with van der Waals surface area (Å²) in [4.78, 5) is 2.84. The van der Waals surface area contributed by atoms with Crippen LogP contribution in [-0.4, -0.2) is 35.6 Å². The van der Waals surface area contributed by atoms with Gasteiger partial charge in [-0.15, -0.1) is 0 Å². The van der Waals surface area contributed by atoms with Crippen LogP contribution in [0, 0.1) is 0 Å². The molecular weight excluding hydrogens is 461 g/mol. The Labute approximate surface area is 206 Å². The quantitative estimate of drug-likeness (QED) is 0.339. The van der Waals surface area contributed by atoms with E-state index < -0.39 is 11.7 Å². The van der Waals surface area contributed by atoms with E-state index in [1.807, 2.05) is 32.9 Å². The smallest absolute Gasteiger partial charge is 0.419 e. The maximum Gasteiger partial charge on any atom is 0.419 e. The molecule has 2 aromatic carbocycles. The van der Waals surface area contributed by atoms with Crippen LogP contribution < -0.4 is 9.64 Å². The van der Waals surface area contributed by atoms with E-state index in [0.717, 1.165) is 56.3 Å². The van der Waals surface area contributed by atoms with Crippen molar-refractivity contribution in [2.75, 3.05) is 31.1 Å². The average molecular weight is 499 g/mol. The highest BCUT2D eigenvalue weighted by atomic mass is 32.2. The van der Waals surface area contributed by atoms with Gasteiger partial charge in [0.15, 0.2) is 5.75 Å². The Balaban J connectivity index is 0.00000199. The van der Waals surface area contributed by atoms with E-state index in [9.17, 15) is 18.3 Å². The van der Waals surface area contributed by atoms with Gasteiger partial charge in [-0.2, -0.15) is 13.2 Å². The molecule has 3 rings (SSSR count). The summed E-state index contributed by atoms with van der Waals surface area (Å²) in [7, 11) is 0. The van der Waals surface area contributed by atoms with Crippen LogP contribution in [0.4, 0.5) is 18.9 Å². The highest BCUT2D eigenvalue weighted by molar-refractivity contribution is 7.97. The number of hydrogen-bond acceptors (Lipinski definition) is 5. The monoisotopic (exact) mass is 498 g/mol. The number of rotatable bonds is 10. The molecule has 1 aliphatic rings. The maximum absolute atomic E-state index is 13.7. The standard InChI is InChI=1S/C24H31F3N2O2S.C2H6/c1-3-5-12-28(4-2)20-15-18(17-30)16-22(32-29-13-8-9-14-29)23(20)31-21-11-7-6-10-19(21)24(25,26)27;1-2/h6-7,10-11,15-16,30H,3-5,8-9,12-14,17H2,1-2H3;1-2H3. The zero-order chi connectivity index (χ0) is 25.1. The van der Waals surface area contributed by atoms with Crippen molar-refractivity contribution in [3.05, 3.63) is 47.5 Å². The predicted molar refractivity (Wildman–Crippen MR) is 135 cm³/mol. The molecule has 34 heavy (non-hydrogen) atoms. The third kappa shape index (κ3) is 7.55. The Morgan fingerprint density at radius 3 is 2.35 bits per heavy atom. The highest BCUT2D eigenvalue weighted by Gasteiger charge is 2.35. The van der Waals surface area contributed by atoms with Crippen molar-refractivity contribution in [2.24, 2.45) is 0 Å². The summed E-state index contributed by atoms with van der Waals surface area (Å²) in [5.74, 6) is 0.196. The Morgan fingerprint density at radius 2 is 1.76 bits per heavy atom. The summed E-state index contributed by atoms with van der Waals surface area (Å²) in [5, 5.41) is 9.88. The largest absolute Gasteiger partial charge is 0.453 e. The first kappa shape index (κ1) is 28.3. The molecule has 2 aromatic rings. The van der Waals surface area contributed by atoms with Gasteiger partial charge in [-0.3, -0.25) is 0 Å². The molecule has 190 valence electrons. The number of alkyl halides is 3. The Kier molecular flexibility index (Phi) is 11.5. The van der Waals surface area contributed by atoms with Gasteiger partial charge in [-0.05, 0) is 68.0 Å². The van der Waals surface area contributed by atoms with Crippen LogP contribution in [0.3, 0.4) is 0 Å². The van der Waals surface area contributed by atoms with E-state index in [-0.39, 0.29) is 12.4 Å². The number of aliphatic hydroxyl groups excluding tert-OH is 1. The zero-order valence-corrected chi connectivity index (χ0v) is 21.4. The van der Waals surface area contributed by atoms with Crippen molar-refractivity contribution in [1.29, 1.82) is 0 Å². The average Bonchev–Trinajstić information content (AvgIpc) is 3.35. The number of nitrogens with zero attached hydrogens (tertiary/aromatic N) is 2. The van der Waals surface area contributed by atoms with Crippen molar-refractivity contribution >= 4 is 17.6 Å². The molecule has 0 aliphatic carbocycles. The first-order valence-electron chi connectivity index (χ1n) is 12.2. The van der Waals surface area contributed by atoms with Crippen LogP contribution in [0.25, 0.3) is 0 Å². The minimum Gasteiger partial charge on any atom is -0.453 e. The molecule has 4 nitrogen and oxygen atoms in total. The van der Waals surface area contributed by atoms with E-state index in [1.54, 1.807) is 6.07 Å². The fraction of sp³-hybridized carbons (Fsp3) is 0.538. The van der Waals surface area contributed by atoms with Crippen molar-refractivity contribution in [3.8, 4) is 11.5 Å². The molecule has 0 aromatic heterocycles. The second kappa shape index (κ2) is 13.9. The lowest BCUT2D eigenvalue weighted by Gasteiger charge is -2.28. The predicted octanol–water partition coefficient (Wildman–Crippen LogP) is 7.75. The highest BCUT2D eigenvalue weighted by Crippen LogP contribution is 2.46. The number of aliphatic hydroxyl groups is 1. The lowest BCUT2D eigenvalue weighted by atomic mass is 10.1. The summed E-state index contributed by atoms with van der Waals surface area (Å²) < 4.78 is 49.2. The molecule has 1 saturated heterocycles. The number of ether oxygens (including phenoxy) is 1. The van der Waals surface area contributed by atoms with E-state index in [4.69, 9.17) is 4.74 Å². The van der Waals surface area contributed by atoms with Gasteiger partial charge in [-0.25, -0.2) is 4.31 Å². The van der Waals surface area contributed by atoms with Crippen LogP contribution >= 0.6 is 11.9 Å². The molecule has 0 radical (unpaired) electrons. The molecule has 1 aliphatic heterocycles. The summed E-state index contributed by atoms with van der Waals surface area (Å²) in [5.41, 5.74) is 0.630. The fourth-order valence-corrected chi connectivity index (χ4v) is 4.91. The zero-order valence-electron chi connectivity index (χ0n) is 20.6. The van der Waals surface area contributed by atoms with Gasteiger partial charge in [-0.1, -0.05) is 39.3 Å². The number of halogens is 3. The Hall–Kier alpha value is -1.90. The molecule has 0 saturated carbocycles. The molecule has 1 fully saturated rings. The van der Waals surface area contributed by atoms with Crippen LogP contribution in [0.5, 0.6) is 11.5 Å². The van der Waals surface area contributed by atoms with Gasteiger partial charge in [0.1, 0.15) is 5.75 Å². The van der Waals surface area contributed by atoms with Crippen LogP contribution in [0.2, 0.25) is 0 Å². The first-order chi connectivity index (χ1) is 16.4. The van der Waals surface area contributed by atoms with Crippen LogP contribution in [0.15, 0.2) is 41.3 Å². The summed E-state index contributed by atoms with van der Waals surface area (Å²) in [6, 6.07) is 8.97. The molecule has 0 unspecified atom stereocenters. The molecular formula is C26H37F3N2O2S. The molecule has 1 N–H and O–H groups in total. The van der Waals surface area contributed by atoms with Gasteiger partial charge in [0.05, 0.1) is 22.8 Å². The van der Waals surface area contributed by atoms with E-state index in [2.05, 4.69) is 16.1 Å². The van der Waals surface area contributed by atoms with E-state index >= 15 is 0 Å². The Morgan fingerprint density at radius 1 is 1.09 bits per heavy atom. The SMILES string of the molecule is CC.CCCCN(CC)c1cc(CO)cc(SN2CCCC2)c1Oc1ccccc1C(F)(F)F. The molecule has 0 bridgehead atoms. The molecule has 1 heterocycles. The van der Waals surface area contributed by atoms with Gasteiger partial charge in [0.25, 0.3) is 0 Å². The van der Waals surface area contributed by atoms with Crippen molar-refractivity contribution < 1.29 is 23.0 Å². The maximum atomic E-state index is 13.7. The minimum atomic E-state index is -4.52. The fourth-order valence-electron chi connectivity index (χ4n) is 3.76. The number of hydrogen-bond donors (Lipinski definition) is 1. The van der Waals surface area contributed by atoms with Crippen LogP contribution in [-0.2, 0) is 12.8 Å². The summed E-state index contributed by atoms with van der Waals surface area (Å²) in [6.45, 7) is 11.2. The molecule has 0 spiro atoms. The van der Waals surface area contributed by atoms with Gasteiger partial charge in [0.2, 0.25) is 0 Å². The third-order valence-corrected chi connectivity index (χ3v) is 6.60. The normalized spacial score (nSPS) is 14.0. The van der Waals surface area contributed by atoms with Gasteiger partial charge >= 0.3 is 6.18 Å². The Bertz CT molecular complexity index is 887. The first-order valence-corrected chi connectivity index (χ1v) is 12.9. The van der Waals surface area contributed by atoms with Crippen molar-refractivity contribution in [1.82, 2.24) is 4.31 Å². The number of anilines is 1. The molecule has 0 amide bonds. The second-order valence-corrected chi connectivity index (χ2v) is 9.00. The second-order valence-electron chi connectivity index (χ2n) is 7.86. The van der Waals surface area contributed by atoms with E-state index in [0.29, 0.717) is 23.5 Å². The lowest BCUT2D eigenvalue weighted by molar-refractivity contribution is -0.138. The third-order valence-electron chi connectivity index (χ3n) is 5.48. The van der Waals surface area contributed by atoms with Crippen molar-refractivity contribution in [2.45, 2.75) is 71.1 Å². The number of para-hydroxylation sites is 1. The summed E-state index contributed by atoms with van der Waals surface area (Å²) in [6.07, 6.45) is -0.395. The molecule has 8 heteroatoms. The lowest BCUT2D eigenvalue weighted by Crippen LogP contribution is -2.25. The van der Waals surface area contributed by atoms with Gasteiger partial charge < -0.3 is 14.7 Å². The summed E-state index contributed by atoms with van der Waals surface area (Å²) >= 11 is 1.50.